The van der Waals surface area contributed by atoms with Gasteiger partial charge in [0.2, 0.25) is 17.7 Å². The van der Waals surface area contributed by atoms with E-state index < -0.39 is 0 Å². The lowest BCUT2D eigenvalue weighted by atomic mass is 9.87. The van der Waals surface area contributed by atoms with Crippen molar-refractivity contribution in [1.29, 1.82) is 0 Å². The van der Waals surface area contributed by atoms with Crippen LogP contribution in [-0.4, -0.2) is 114 Å². The van der Waals surface area contributed by atoms with Crippen LogP contribution in [0.2, 0.25) is 0 Å². The summed E-state index contributed by atoms with van der Waals surface area (Å²) in [6, 6.07) is 8.17. The molecule has 73 heavy (non-hydrogen) atoms. The summed E-state index contributed by atoms with van der Waals surface area (Å²) in [6.07, 6.45) is 18.5. The molecule has 0 spiro atoms. The first-order valence-corrected chi connectivity index (χ1v) is 27.2. The first-order valence-electron chi connectivity index (χ1n) is 25.5. The number of nitrogens with zero attached hydrogens (tertiary/aromatic N) is 8. The highest BCUT2D eigenvalue weighted by Gasteiger charge is 2.32. The number of ether oxygens (including phenoxy) is 2. The first-order chi connectivity index (χ1) is 35.5. The van der Waals surface area contributed by atoms with Crippen LogP contribution in [0, 0.1) is 17.8 Å². The van der Waals surface area contributed by atoms with E-state index in [1.54, 1.807) is 45.1 Å². The van der Waals surface area contributed by atoms with Crippen molar-refractivity contribution >= 4 is 96.3 Å². The van der Waals surface area contributed by atoms with Crippen molar-refractivity contribution < 1.29 is 23.9 Å². The van der Waals surface area contributed by atoms with Crippen LogP contribution in [-0.2, 0) is 53.2 Å². The SMILES string of the molecule is CN(C)C(=O)[C@H]1CCc2c(sc3ncnc(Nc4cc5c(cc4OCCN)CN=C5)c23)C1.CN(C)C(=O)[C@H]1CCc2c(sc3ncnc(Nc4cc5c(cc4OCCNC(=O)CC4CCCCC4)CN=C5)c23)C1. The summed E-state index contributed by atoms with van der Waals surface area (Å²) in [7, 11) is 7.29. The Bertz CT molecular complexity index is 3100. The summed E-state index contributed by atoms with van der Waals surface area (Å²) >= 11 is 3.32. The molecule has 0 saturated heterocycles. The van der Waals surface area contributed by atoms with E-state index in [4.69, 9.17) is 15.2 Å². The van der Waals surface area contributed by atoms with Gasteiger partial charge in [-0.1, -0.05) is 19.3 Å². The number of rotatable bonds is 15. The van der Waals surface area contributed by atoms with E-state index in [0.29, 0.717) is 57.5 Å². The molecule has 5 aliphatic rings. The number of amides is 3. The number of hydrogen-bond donors (Lipinski definition) is 4. The third kappa shape index (κ3) is 11.0. The van der Waals surface area contributed by atoms with E-state index in [2.05, 4.69) is 58.0 Å². The lowest BCUT2D eigenvalue weighted by Crippen LogP contribution is -2.32. The summed E-state index contributed by atoms with van der Waals surface area (Å²) in [5.41, 5.74) is 14.2. The molecule has 3 amide bonds. The van der Waals surface area contributed by atoms with E-state index in [1.807, 2.05) is 52.8 Å². The van der Waals surface area contributed by atoms with Gasteiger partial charge in [0.25, 0.3) is 0 Å². The zero-order chi connectivity index (χ0) is 50.6. The quantitative estimate of drug-likeness (QED) is 0.0722. The zero-order valence-corrected chi connectivity index (χ0v) is 43.7. The second kappa shape index (κ2) is 22.3. The average Bonchev–Trinajstić information content (AvgIpc) is 4.21. The molecule has 19 heteroatoms. The van der Waals surface area contributed by atoms with Gasteiger partial charge < -0.3 is 41.0 Å². The van der Waals surface area contributed by atoms with E-state index in [1.165, 1.54) is 40.1 Å². The van der Waals surface area contributed by atoms with Crippen LogP contribution in [0.5, 0.6) is 11.5 Å². The number of anilines is 4. The Balaban J connectivity index is 0.000000173. The van der Waals surface area contributed by atoms with Gasteiger partial charge in [0.1, 0.15) is 58.7 Å². The van der Waals surface area contributed by atoms with E-state index in [-0.39, 0.29) is 29.6 Å². The Kier molecular flexibility index (Phi) is 15.3. The highest BCUT2D eigenvalue weighted by Crippen LogP contribution is 2.44. The van der Waals surface area contributed by atoms with E-state index >= 15 is 0 Å². The number of aliphatic imine (C=N–C) groups is 2. The molecular formula is C54H64N12O5S2. The maximum absolute atomic E-state index is 12.6. The van der Waals surface area contributed by atoms with Crippen molar-refractivity contribution in [3.63, 3.8) is 0 Å². The summed E-state index contributed by atoms with van der Waals surface area (Å²) in [4.78, 5) is 72.4. The molecule has 6 heterocycles. The minimum Gasteiger partial charge on any atom is -0.490 e. The maximum Gasteiger partial charge on any atom is 0.225 e. The van der Waals surface area contributed by atoms with Gasteiger partial charge in [-0.3, -0.25) is 24.4 Å². The number of aryl methyl sites for hydroxylation is 2. The topological polar surface area (TPSA) is 215 Å². The Hall–Kier alpha value is -6.57. The number of carbonyl (C=O) groups is 3. The fourth-order valence-electron chi connectivity index (χ4n) is 10.8. The maximum atomic E-state index is 12.6. The molecule has 2 atom stereocenters. The first kappa shape index (κ1) is 50.0. The van der Waals surface area contributed by atoms with E-state index in [9.17, 15) is 14.4 Å². The number of thiophene rings is 2. The van der Waals surface area contributed by atoms with Crippen molar-refractivity contribution in [2.75, 3.05) is 65.1 Å². The molecule has 3 aliphatic carbocycles. The van der Waals surface area contributed by atoms with Crippen LogP contribution in [0.1, 0.15) is 94.5 Å². The molecule has 0 bridgehead atoms. The summed E-state index contributed by atoms with van der Waals surface area (Å²) < 4.78 is 12.2. The minimum absolute atomic E-state index is 0.00841. The predicted octanol–water partition coefficient (Wildman–Crippen LogP) is 7.92. The lowest BCUT2D eigenvalue weighted by molar-refractivity contribution is -0.134. The molecule has 6 aromatic rings. The smallest absolute Gasteiger partial charge is 0.225 e. The largest absolute Gasteiger partial charge is 0.490 e. The molecule has 5 N–H and O–H groups in total. The normalized spacial score (nSPS) is 17.5. The molecule has 2 aliphatic heterocycles. The Morgan fingerprint density at radius 1 is 0.671 bits per heavy atom. The van der Waals surface area contributed by atoms with Crippen molar-refractivity contribution in [1.82, 2.24) is 35.1 Å². The fraction of sp³-hybridized carbons (Fsp3) is 0.463. The summed E-state index contributed by atoms with van der Waals surface area (Å²) in [5.74, 6) is 4.00. The van der Waals surface area contributed by atoms with Crippen molar-refractivity contribution in [2.24, 2.45) is 33.5 Å². The Morgan fingerprint density at radius 2 is 1.18 bits per heavy atom. The van der Waals surface area contributed by atoms with Crippen LogP contribution in [0.4, 0.5) is 23.0 Å². The molecule has 0 unspecified atom stereocenters. The van der Waals surface area contributed by atoms with Crippen molar-refractivity contribution in [2.45, 2.75) is 90.1 Å². The fourth-order valence-corrected chi connectivity index (χ4v) is 13.3. The van der Waals surface area contributed by atoms with Crippen LogP contribution in [0.25, 0.3) is 20.4 Å². The van der Waals surface area contributed by atoms with Crippen LogP contribution < -0.4 is 31.2 Å². The molecule has 0 radical (unpaired) electrons. The highest BCUT2D eigenvalue weighted by molar-refractivity contribution is 7.19. The number of hydrogen-bond acceptors (Lipinski definition) is 16. The monoisotopic (exact) mass is 1020 g/mol. The zero-order valence-electron chi connectivity index (χ0n) is 42.1. The minimum atomic E-state index is 0.00841. The van der Waals surface area contributed by atoms with Crippen LogP contribution in [0.3, 0.4) is 0 Å². The number of fused-ring (bicyclic) bond motifs is 8. The van der Waals surface area contributed by atoms with Gasteiger partial charge in [-0.2, -0.15) is 0 Å². The highest BCUT2D eigenvalue weighted by atomic mass is 32.1. The summed E-state index contributed by atoms with van der Waals surface area (Å²) in [6.45, 7) is 3.00. The van der Waals surface area contributed by atoms with Gasteiger partial charge in [0.05, 0.1) is 41.8 Å². The number of carbonyl (C=O) groups excluding carboxylic acids is 3. The molecule has 11 rings (SSSR count). The van der Waals surface area contributed by atoms with Crippen LogP contribution >= 0.6 is 22.7 Å². The van der Waals surface area contributed by atoms with Gasteiger partial charge in [0.15, 0.2) is 0 Å². The lowest BCUT2D eigenvalue weighted by Gasteiger charge is -2.24. The second-order valence-corrected chi connectivity index (χ2v) is 22.2. The number of nitrogens with two attached hydrogens (primary N) is 1. The van der Waals surface area contributed by atoms with Crippen molar-refractivity contribution in [3.05, 3.63) is 80.1 Å². The Labute approximate surface area is 433 Å². The van der Waals surface area contributed by atoms with E-state index in [0.717, 1.165) is 123 Å². The molecule has 4 aromatic heterocycles. The van der Waals surface area contributed by atoms with Gasteiger partial charge in [-0.25, -0.2) is 19.9 Å². The van der Waals surface area contributed by atoms with Gasteiger partial charge >= 0.3 is 0 Å². The van der Waals surface area contributed by atoms with Gasteiger partial charge in [0, 0.05) is 75.2 Å². The molecule has 382 valence electrons. The number of benzene rings is 2. The Morgan fingerprint density at radius 3 is 1.67 bits per heavy atom. The van der Waals surface area contributed by atoms with Crippen molar-refractivity contribution in [3.8, 4) is 11.5 Å². The number of nitrogens with one attached hydrogen (secondary N) is 3. The predicted molar refractivity (Wildman–Crippen MR) is 290 cm³/mol. The standard InChI is InChI=1S/C31H38N6O3S.C23H26N6O2S/c1-37(2)31(39)20-8-9-23-26(15-20)41-30-28(23)29(34-18-35-30)36-24-13-21-16-32-17-22(21)14-25(24)40-11-10-33-27(38)12-19-6-4-3-5-7-19;1-29(2)23(30)13-3-4-16-19(9-13)32-22-20(16)21(26-12-27-22)28-17-7-14-10-25-11-15(14)8-18(17)31-6-5-24/h13-14,16,18-20H,3-12,15,17H2,1-2H3,(H,33,38)(H,34,35,36);7-8,10,12-13H,3-6,9,11,24H2,1-2H3,(H,26,27,28)/t20-;13-/m00/s1. The molecule has 1 fully saturated rings. The average molecular weight is 1030 g/mol. The third-order valence-corrected chi connectivity index (χ3v) is 16.8. The summed E-state index contributed by atoms with van der Waals surface area (Å²) in [5, 5.41) is 12.1. The molecule has 17 nitrogen and oxygen atoms in total. The third-order valence-electron chi connectivity index (χ3n) is 14.5. The molecule has 1 saturated carbocycles. The molecular weight excluding hydrogens is 961 g/mol. The molecule has 2 aromatic carbocycles. The van der Waals surface area contributed by atoms with Gasteiger partial charge in [-0.15, -0.1) is 22.7 Å². The number of aromatic nitrogens is 4. The van der Waals surface area contributed by atoms with Gasteiger partial charge in [-0.05, 0) is 115 Å². The second-order valence-electron chi connectivity index (χ2n) is 20.0. The van der Waals surface area contributed by atoms with Crippen LogP contribution in [0.15, 0.2) is 46.9 Å².